The van der Waals surface area contributed by atoms with E-state index in [1.54, 1.807) is 38.1 Å². The highest BCUT2D eigenvalue weighted by Crippen LogP contribution is 2.23. The van der Waals surface area contributed by atoms with Gasteiger partial charge >= 0.3 is 0 Å². The number of aromatic nitrogens is 2. The Morgan fingerprint density at radius 3 is 2.55 bits per heavy atom. The lowest BCUT2D eigenvalue weighted by molar-refractivity contribution is 0.600. The Hall–Kier alpha value is -1.93. The maximum Gasteiger partial charge on any atom is 0.265 e. The maximum absolute atomic E-state index is 12.4. The Kier molecular flexibility index (Phi) is 3.78. The molecule has 20 heavy (non-hydrogen) atoms. The number of rotatable bonds is 4. The normalized spacial score (nSPS) is 11.3. The second-order valence-electron chi connectivity index (χ2n) is 4.28. The van der Waals surface area contributed by atoms with Gasteiger partial charge in [0.25, 0.3) is 10.0 Å². The predicted molar refractivity (Wildman–Crippen MR) is 81.2 cm³/mol. The van der Waals surface area contributed by atoms with E-state index in [1.807, 2.05) is 0 Å². The fourth-order valence-corrected chi connectivity index (χ4v) is 3.55. The van der Waals surface area contributed by atoms with Crippen LogP contribution in [0.5, 0.6) is 0 Å². The van der Waals surface area contributed by atoms with Crippen LogP contribution in [0.4, 0.5) is 5.69 Å². The van der Waals surface area contributed by atoms with Gasteiger partial charge in [-0.05, 0) is 26.0 Å². The molecule has 0 spiro atoms. The van der Waals surface area contributed by atoms with E-state index < -0.39 is 10.0 Å². The second-order valence-corrected chi connectivity index (χ2v) is 6.34. The number of thiocarbonyl (C=S) groups is 1. The van der Waals surface area contributed by atoms with Crippen LogP contribution in [0.1, 0.15) is 17.0 Å². The van der Waals surface area contributed by atoms with E-state index in [-0.39, 0.29) is 9.88 Å². The SMILES string of the molecule is Cc1n[nH]c(C)c1S(=O)(=O)Nc1ccccc1C(N)=S. The van der Waals surface area contributed by atoms with Crippen LogP contribution >= 0.6 is 12.2 Å². The summed E-state index contributed by atoms with van der Waals surface area (Å²) in [6.45, 7) is 3.27. The first kappa shape index (κ1) is 14.5. The fraction of sp³-hybridized carbons (Fsp3) is 0.167. The monoisotopic (exact) mass is 310 g/mol. The molecular formula is C12H14N4O2S2. The summed E-state index contributed by atoms with van der Waals surface area (Å²) < 4.78 is 27.3. The molecule has 1 aromatic carbocycles. The smallest absolute Gasteiger partial charge is 0.265 e. The topological polar surface area (TPSA) is 101 Å². The van der Waals surface area contributed by atoms with Gasteiger partial charge in [0.2, 0.25) is 0 Å². The Bertz CT molecular complexity index is 746. The van der Waals surface area contributed by atoms with Gasteiger partial charge in [-0.1, -0.05) is 24.4 Å². The van der Waals surface area contributed by atoms with Crippen LogP contribution in [0.25, 0.3) is 0 Å². The molecule has 0 atom stereocenters. The molecule has 0 radical (unpaired) electrons. The molecule has 0 fully saturated rings. The molecule has 4 N–H and O–H groups in total. The number of nitrogens with two attached hydrogens (primary N) is 1. The third kappa shape index (κ3) is 2.66. The molecule has 0 aliphatic rings. The number of H-pyrrole nitrogens is 1. The molecule has 1 heterocycles. The largest absolute Gasteiger partial charge is 0.389 e. The van der Waals surface area contributed by atoms with Gasteiger partial charge in [0.15, 0.2) is 0 Å². The van der Waals surface area contributed by atoms with Crippen molar-refractivity contribution >= 4 is 32.9 Å². The zero-order chi connectivity index (χ0) is 14.9. The second kappa shape index (κ2) is 5.22. The van der Waals surface area contributed by atoms with E-state index in [0.29, 0.717) is 22.6 Å². The first-order valence-electron chi connectivity index (χ1n) is 5.76. The Balaban J connectivity index is 2.47. The molecule has 6 nitrogen and oxygen atoms in total. The summed E-state index contributed by atoms with van der Waals surface area (Å²) in [4.78, 5) is 0.263. The van der Waals surface area contributed by atoms with Crippen molar-refractivity contribution in [2.24, 2.45) is 5.73 Å². The molecule has 0 aliphatic carbocycles. The van der Waals surface area contributed by atoms with E-state index in [1.165, 1.54) is 0 Å². The molecule has 2 rings (SSSR count). The molecule has 0 bridgehead atoms. The molecule has 0 aliphatic heterocycles. The standard InChI is InChI=1S/C12H14N4O2S2/c1-7-11(8(2)15-14-7)20(17,18)16-10-6-4-3-5-9(10)12(13)19/h3-6,16H,1-2H3,(H2,13,19)(H,14,15). The summed E-state index contributed by atoms with van der Waals surface area (Å²) in [5.41, 5.74) is 7.29. The van der Waals surface area contributed by atoms with Crippen molar-refractivity contribution in [2.45, 2.75) is 18.7 Å². The maximum atomic E-state index is 12.4. The molecule has 106 valence electrons. The number of aryl methyl sites for hydroxylation is 2. The van der Waals surface area contributed by atoms with E-state index in [4.69, 9.17) is 18.0 Å². The number of nitrogens with one attached hydrogen (secondary N) is 2. The highest BCUT2D eigenvalue weighted by atomic mass is 32.2. The van der Waals surface area contributed by atoms with Gasteiger partial charge in [-0.25, -0.2) is 8.42 Å². The lowest BCUT2D eigenvalue weighted by atomic mass is 10.2. The molecular weight excluding hydrogens is 296 g/mol. The first-order valence-corrected chi connectivity index (χ1v) is 7.65. The van der Waals surface area contributed by atoms with Crippen molar-refractivity contribution in [1.29, 1.82) is 0 Å². The number of sulfonamides is 1. The van der Waals surface area contributed by atoms with Crippen LogP contribution in [0.2, 0.25) is 0 Å². The number of hydrogen-bond donors (Lipinski definition) is 3. The van der Waals surface area contributed by atoms with E-state index in [9.17, 15) is 8.42 Å². The Labute approximate surface area is 122 Å². The number of anilines is 1. The lowest BCUT2D eigenvalue weighted by Gasteiger charge is -2.11. The summed E-state index contributed by atoms with van der Waals surface area (Å²) in [5, 5.41) is 6.53. The van der Waals surface area contributed by atoms with Crippen molar-refractivity contribution in [3.63, 3.8) is 0 Å². The van der Waals surface area contributed by atoms with Gasteiger partial charge in [-0.2, -0.15) is 5.10 Å². The quantitative estimate of drug-likeness (QED) is 0.742. The average molecular weight is 310 g/mol. The van der Waals surface area contributed by atoms with Crippen molar-refractivity contribution in [1.82, 2.24) is 10.2 Å². The van der Waals surface area contributed by atoms with Crippen LogP contribution < -0.4 is 10.5 Å². The van der Waals surface area contributed by atoms with Gasteiger partial charge in [0.05, 0.1) is 17.1 Å². The zero-order valence-electron chi connectivity index (χ0n) is 11.0. The van der Waals surface area contributed by atoms with Gasteiger partial charge < -0.3 is 5.73 Å². The molecule has 2 aromatic rings. The van der Waals surface area contributed by atoms with Gasteiger partial charge in [0.1, 0.15) is 9.88 Å². The zero-order valence-corrected chi connectivity index (χ0v) is 12.6. The molecule has 8 heteroatoms. The fourth-order valence-electron chi connectivity index (χ4n) is 1.92. The number of para-hydroxylation sites is 1. The van der Waals surface area contributed by atoms with Crippen LogP contribution in [0, 0.1) is 13.8 Å². The lowest BCUT2D eigenvalue weighted by Crippen LogP contribution is -2.18. The third-order valence-electron chi connectivity index (χ3n) is 2.77. The summed E-state index contributed by atoms with van der Waals surface area (Å²) in [5.74, 6) is 0. The minimum atomic E-state index is -3.75. The van der Waals surface area contributed by atoms with Gasteiger partial charge in [-0.3, -0.25) is 9.82 Å². The van der Waals surface area contributed by atoms with Crippen molar-refractivity contribution in [3.8, 4) is 0 Å². The van der Waals surface area contributed by atoms with Gasteiger partial charge in [-0.15, -0.1) is 0 Å². The van der Waals surface area contributed by atoms with Crippen molar-refractivity contribution in [2.75, 3.05) is 4.72 Å². The molecule has 0 unspecified atom stereocenters. The van der Waals surface area contributed by atoms with Crippen LogP contribution in [-0.2, 0) is 10.0 Å². The Morgan fingerprint density at radius 1 is 1.35 bits per heavy atom. The summed E-state index contributed by atoms with van der Waals surface area (Å²) in [7, 11) is -3.75. The highest BCUT2D eigenvalue weighted by Gasteiger charge is 2.23. The van der Waals surface area contributed by atoms with Crippen LogP contribution in [0.15, 0.2) is 29.2 Å². The number of nitrogens with zero attached hydrogens (tertiary/aromatic N) is 1. The first-order chi connectivity index (χ1) is 9.33. The summed E-state index contributed by atoms with van der Waals surface area (Å²) in [6, 6.07) is 6.71. The van der Waals surface area contributed by atoms with E-state index in [2.05, 4.69) is 14.9 Å². The number of benzene rings is 1. The van der Waals surface area contributed by atoms with E-state index >= 15 is 0 Å². The molecule has 0 saturated heterocycles. The number of aromatic amines is 1. The van der Waals surface area contributed by atoms with Crippen molar-refractivity contribution in [3.05, 3.63) is 41.2 Å². The van der Waals surface area contributed by atoms with Crippen LogP contribution in [0.3, 0.4) is 0 Å². The minimum Gasteiger partial charge on any atom is -0.389 e. The molecule has 0 amide bonds. The highest BCUT2D eigenvalue weighted by molar-refractivity contribution is 7.92. The average Bonchev–Trinajstić information content (AvgIpc) is 2.69. The van der Waals surface area contributed by atoms with Gasteiger partial charge in [0, 0.05) is 5.56 Å². The van der Waals surface area contributed by atoms with E-state index in [0.717, 1.165) is 0 Å². The number of hydrogen-bond acceptors (Lipinski definition) is 4. The molecule has 0 saturated carbocycles. The third-order valence-corrected chi connectivity index (χ3v) is 4.61. The summed E-state index contributed by atoms with van der Waals surface area (Å²) in [6.07, 6.45) is 0. The summed E-state index contributed by atoms with van der Waals surface area (Å²) >= 11 is 4.91. The van der Waals surface area contributed by atoms with Crippen molar-refractivity contribution < 1.29 is 8.42 Å². The Morgan fingerprint density at radius 2 is 2.00 bits per heavy atom. The minimum absolute atomic E-state index is 0.129. The predicted octanol–water partition coefficient (Wildman–Crippen LogP) is 1.46. The molecule has 1 aromatic heterocycles. The van der Waals surface area contributed by atoms with Crippen LogP contribution in [-0.4, -0.2) is 23.6 Å².